The highest BCUT2D eigenvalue weighted by Gasteiger charge is 2.07. The quantitative estimate of drug-likeness (QED) is 0.710. The molecule has 1 aromatic heterocycles. The normalized spacial score (nSPS) is 10.8. The Morgan fingerprint density at radius 3 is 2.75 bits per heavy atom. The molecule has 5 nitrogen and oxygen atoms in total. The first-order valence-corrected chi connectivity index (χ1v) is 8.69. The van der Waals surface area contributed by atoms with Crippen molar-refractivity contribution in [2.24, 2.45) is 0 Å². The lowest BCUT2D eigenvalue weighted by atomic mass is 10.1. The largest absolute Gasteiger partial charge is 0.496 e. The number of nitrogens with zero attached hydrogens (tertiary/aromatic N) is 2. The van der Waals surface area contributed by atoms with Gasteiger partial charge in [0.2, 0.25) is 0 Å². The van der Waals surface area contributed by atoms with E-state index in [1.165, 1.54) is 17.7 Å². The molecule has 0 bridgehead atoms. The highest BCUT2D eigenvalue weighted by atomic mass is 16.5. The SMILES string of the molecule is CCCCn1nc(NCc2ccc(OC)c(COCC)c2)cc1C. The maximum Gasteiger partial charge on any atom is 0.148 e. The van der Waals surface area contributed by atoms with Crippen LogP contribution in [0.2, 0.25) is 0 Å². The van der Waals surface area contributed by atoms with Crippen LogP contribution in [-0.2, 0) is 24.4 Å². The molecule has 0 aliphatic heterocycles. The second-order valence-electron chi connectivity index (χ2n) is 5.88. The minimum absolute atomic E-state index is 0.568. The second-order valence-corrected chi connectivity index (χ2v) is 5.88. The van der Waals surface area contributed by atoms with Crippen molar-refractivity contribution < 1.29 is 9.47 Å². The van der Waals surface area contributed by atoms with E-state index in [0.717, 1.165) is 36.6 Å². The van der Waals surface area contributed by atoms with Gasteiger partial charge < -0.3 is 14.8 Å². The molecule has 1 aromatic carbocycles. The molecular weight excluding hydrogens is 302 g/mol. The summed E-state index contributed by atoms with van der Waals surface area (Å²) in [5, 5.41) is 8.03. The zero-order valence-electron chi connectivity index (χ0n) is 15.3. The van der Waals surface area contributed by atoms with Crippen molar-refractivity contribution in [3.8, 4) is 5.75 Å². The van der Waals surface area contributed by atoms with Crippen LogP contribution in [0.4, 0.5) is 5.82 Å². The summed E-state index contributed by atoms with van der Waals surface area (Å²) in [7, 11) is 1.69. The molecule has 0 atom stereocenters. The van der Waals surface area contributed by atoms with Crippen molar-refractivity contribution in [2.45, 2.75) is 53.3 Å². The molecule has 0 spiro atoms. The molecule has 132 valence electrons. The van der Waals surface area contributed by atoms with E-state index in [1.807, 2.05) is 13.0 Å². The van der Waals surface area contributed by atoms with Gasteiger partial charge in [-0.15, -0.1) is 0 Å². The van der Waals surface area contributed by atoms with Crippen LogP contribution in [-0.4, -0.2) is 23.5 Å². The third-order valence-corrected chi connectivity index (χ3v) is 3.98. The van der Waals surface area contributed by atoms with E-state index in [9.17, 15) is 0 Å². The van der Waals surface area contributed by atoms with Crippen molar-refractivity contribution in [1.82, 2.24) is 9.78 Å². The van der Waals surface area contributed by atoms with Crippen molar-refractivity contribution in [3.63, 3.8) is 0 Å². The average Bonchev–Trinajstić information content (AvgIpc) is 2.96. The first kappa shape index (κ1) is 18.3. The van der Waals surface area contributed by atoms with Crippen LogP contribution in [0.25, 0.3) is 0 Å². The fraction of sp³-hybridized carbons (Fsp3) is 0.526. The number of rotatable bonds is 10. The Kier molecular flexibility index (Phi) is 7.12. The summed E-state index contributed by atoms with van der Waals surface area (Å²) in [6.45, 7) is 9.26. The standard InChI is InChI=1S/C19H29N3O2/c1-5-7-10-22-15(3)11-19(21-22)20-13-16-8-9-18(23-4)17(12-16)14-24-6-2/h8-9,11-12H,5-7,10,13-14H2,1-4H3,(H,20,21). The lowest BCUT2D eigenvalue weighted by molar-refractivity contribution is 0.132. The van der Waals surface area contributed by atoms with Gasteiger partial charge in [-0.05, 0) is 38.0 Å². The molecule has 0 amide bonds. The smallest absolute Gasteiger partial charge is 0.148 e. The number of ether oxygens (including phenoxy) is 2. The molecule has 0 unspecified atom stereocenters. The van der Waals surface area contributed by atoms with Crippen LogP contribution in [0, 0.1) is 6.92 Å². The first-order valence-electron chi connectivity index (χ1n) is 8.69. The number of benzene rings is 1. The maximum absolute atomic E-state index is 5.52. The molecule has 0 aliphatic carbocycles. The summed E-state index contributed by atoms with van der Waals surface area (Å²) in [5.74, 6) is 1.79. The van der Waals surface area contributed by atoms with E-state index >= 15 is 0 Å². The molecular formula is C19H29N3O2. The van der Waals surface area contributed by atoms with Crippen LogP contribution in [0.5, 0.6) is 5.75 Å². The van der Waals surface area contributed by atoms with Crippen LogP contribution in [0.3, 0.4) is 0 Å². The number of anilines is 1. The van der Waals surface area contributed by atoms with Gasteiger partial charge in [-0.3, -0.25) is 4.68 Å². The lowest BCUT2D eigenvalue weighted by Gasteiger charge is -2.11. The summed E-state index contributed by atoms with van der Waals surface area (Å²) in [5.41, 5.74) is 3.45. The molecule has 1 heterocycles. The highest BCUT2D eigenvalue weighted by Crippen LogP contribution is 2.21. The fourth-order valence-corrected chi connectivity index (χ4v) is 2.59. The third kappa shape index (κ3) is 4.99. The number of hydrogen-bond acceptors (Lipinski definition) is 4. The van der Waals surface area contributed by atoms with E-state index in [4.69, 9.17) is 9.47 Å². The van der Waals surface area contributed by atoms with Crippen LogP contribution >= 0.6 is 0 Å². The Hall–Kier alpha value is -2.01. The van der Waals surface area contributed by atoms with Gasteiger partial charge in [-0.2, -0.15) is 5.10 Å². The zero-order chi connectivity index (χ0) is 17.4. The Labute approximate surface area is 145 Å². The fourth-order valence-electron chi connectivity index (χ4n) is 2.59. The van der Waals surface area contributed by atoms with Crippen molar-refractivity contribution in [3.05, 3.63) is 41.1 Å². The number of nitrogens with one attached hydrogen (secondary N) is 1. The average molecular weight is 331 g/mol. The Morgan fingerprint density at radius 1 is 1.21 bits per heavy atom. The van der Waals surface area contributed by atoms with Crippen LogP contribution in [0.15, 0.2) is 24.3 Å². The molecule has 0 saturated carbocycles. The third-order valence-electron chi connectivity index (χ3n) is 3.98. The highest BCUT2D eigenvalue weighted by molar-refractivity contribution is 5.40. The molecule has 1 N–H and O–H groups in total. The van der Waals surface area contributed by atoms with Gasteiger partial charge in [0, 0.05) is 37.0 Å². The van der Waals surface area contributed by atoms with Crippen molar-refractivity contribution in [1.29, 1.82) is 0 Å². The summed E-state index contributed by atoms with van der Waals surface area (Å²) in [6, 6.07) is 8.29. The van der Waals surface area contributed by atoms with E-state index < -0.39 is 0 Å². The Balaban J connectivity index is 2.00. The van der Waals surface area contributed by atoms with Crippen LogP contribution < -0.4 is 10.1 Å². The van der Waals surface area contributed by atoms with Gasteiger partial charge >= 0.3 is 0 Å². The van der Waals surface area contributed by atoms with E-state index in [0.29, 0.717) is 13.2 Å². The van der Waals surface area contributed by atoms with Gasteiger partial charge in [0.25, 0.3) is 0 Å². The number of aryl methyl sites for hydroxylation is 2. The van der Waals surface area contributed by atoms with Crippen molar-refractivity contribution >= 4 is 5.82 Å². The van der Waals surface area contributed by atoms with Crippen molar-refractivity contribution in [2.75, 3.05) is 19.0 Å². The summed E-state index contributed by atoms with van der Waals surface area (Å²) in [6.07, 6.45) is 2.33. The van der Waals surface area contributed by atoms with E-state index in [1.54, 1.807) is 7.11 Å². The minimum Gasteiger partial charge on any atom is -0.496 e. The Bertz CT molecular complexity index is 638. The predicted molar refractivity (Wildman–Crippen MR) is 97.5 cm³/mol. The van der Waals surface area contributed by atoms with Gasteiger partial charge in [-0.1, -0.05) is 19.4 Å². The molecule has 5 heteroatoms. The summed E-state index contributed by atoms with van der Waals surface area (Å²) in [4.78, 5) is 0. The predicted octanol–water partition coefficient (Wildman–Crippen LogP) is 4.15. The number of aromatic nitrogens is 2. The summed E-state index contributed by atoms with van der Waals surface area (Å²) < 4.78 is 13.0. The second kappa shape index (κ2) is 9.33. The number of hydrogen-bond donors (Lipinski definition) is 1. The number of methoxy groups -OCH3 is 1. The molecule has 0 saturated heterocycles. The van der Waals surface area contributed by atoms with Crippen LogP contribution in [0.1, 0.15) is 43.5 Å². The molecule has 0 fully saturated rings. The Morgan fingerprint density at radius 2 is 2.04 bits per heavy atom. The maximum atomic E-state index is 5.52. The van der Waals surface area contributed by atoms with Gasteiger partial charge in [-0.25, -0.2) is 0 Å². The number of unbranched alkanes of at least 4 members (excludes halogenated alkanes) is 1. The minimum atomic E-state index is 0.568. The van der Waals surface area contributed by atoms with E-state index in [-0.39, 0.29) is 0 Å². The molecule has 2 aromatic rings. The summed E-state index contributed by atoms with van der Waals surface area (Å²) >= 11 is 0. The molecule has 0 aliphatic rings. The molecule has 0 radical (unpaired) electrons. The van der Waals surface area contributed by atoms with Gasteiger partial charge in [0.1, 0.15) is 11.6 Å². The lowest BCUT2D eigenvalue weighted by Crippen LogP contribution is -2.05. The topological polar surface area (TPSA) is 48.3 Å². The van der Waals surface area contributed by atoms with Gasteiger partial charge in [0.15, 0.2) is 0 Å². The monoisotopic (exact) mass is 331 g/mol. The zero-order valence-corrected chi connectivity index (χ0v) is 15.3. The van der Waals surface area contributed by atoms with Gasteiger partial charge in [0.05, 0.1) is 13.7 Å². The van der Waals surface area contributed by atoms with E-state index in [2.05, 4.69) is 47.1 Å². The molecule has 2 rings (SSSR count). The molecule has 24 heavy (non-hydrogen) atoms. The first-order chi connectivity index (χ1) is 11.7.